The van der Waals surface area contributed by atoms with Gasteiger partial charge in [-0.2, -0.15) is 5.26 Å². The molecular weight excluding hydrogens is 220 g/mol. The highest BCUT2D eigenvalue weighted by atomic mass is 16.5. The number of phenolic OH excluding ortho intramolecular Hbond substituents is 1. The fourth-order valence-corrected chi connectivity index (χ4v) is 1.68. The first-order valence-corrected chi connectivity index (χ1v) is 5.32. The van der Waals surface area contributed by atoms with Gasteiger partial charge in [-0.05, 0) is 24.6 Å². The average Bonchev–Trinajstić information content (AvgIpc) is 2.85. The van der Waals surface area contributed by atoms with Crippen LogP contribution in [0.3, 0.4) is 0 Å². The van der Waals surface area contributed by atoms with Crippen LogP contribution in [-0.4, -0.2) is 24.2 Å². The SMILES string of the molecule is N#Cc1ccc(O)c(NC(=O)[C@@H]2CCOC2)c1. The van der Waals surface area contributed by atoms with Gasteiger partial charge in [0.05, 0.1) is 29.8 Å². The number of carbonyl (C=O) groups is 1. The fraction of sp³-hybridized carbons (Fsp3) is 0.333. The number of aromatic hydroxyl groups is 1. The number of ether oxygens (including phenoxy) is 1. The van der Waals surface area contributed by atoms with Crippen LogP contribution in [0, 0.1) is 17.2 Å². The fourth-order valence-electron chi connectivity index (χ4n) is 1.68. The number of nitriles is 1. The number of benzene rings is 1. The second-order valence-electron chi connectivity index (χ2n) is 3.89. The molecule has 2 N–H and O–H groups in total. The molecule has 1 atom stereocenters. The molecule has 0 aliphatic carbocycles. The number of rotatable bonds is 2. The lowest BCUT2D eigenvalue weighted by atomic mass is 10.1. The Kier molecular flexibility index (Phi) is 3.26. The molecule has 0 radical (unpaired) electrons. The molecule has 1 aromatic carbocycles. The minimum Gasteiger partial charge on any atom is -0.506 e. The monoisotopic (exact) mass is 232 g/mol. The summed E-state index contributed by atoms with van der Waals surface area (Å²) in [6.45, 7) is 0.993. The van der Waals surface area contributed by atoms with Crippen LogP contribution in [0.1, 0.15) is 12.0 Å². The summed E-state index contributed by atoms with van der Waals surface area (Å²) in [5, 5.41) is 20.9. The van der Waals surface area contributed by atoms with E-state index in [1.54, 1.807) is 0 Å². The lowest BCUT2D eigenvalue weighted by Gasteiger charge is -2.10. The second-order valence-corrected chi connectivity index (χ2v) is 3.89. The maximum atomic E-state index is 11.8. The van der Waals surface area contributed by atoms with E-state index in [2.05, 4.69) is 5.32 Å². The first-order chi connectivity index (χ1) is 8.20. The third kappa shape index (κ3) is 2.55. The van der Waals surface area contributed by atoms with Gasteiger partial charge in [0.25, 0.3) is 0 Å². The first-order valence-electron chi connectivity index (χ1n) is 5.32. The van der Waals surface area contributed by atoms with Crippen LogP contribution < -0.4 is 5.32 Å². The summed E-state index contributed by atoms with van der Waals surface area (Å²) < 4.78 is 5.12. The van der Waals surface area contributed by atoms with Crippen molar-refractivity contribution in [3.8, 4) is 11.8 Å². The third-order valence-electron chi connectivity index (χ3n) is 2.68. The Morgan fingerprint density at radius 1 is 1.59 bits per heavy atom. The van der Waals surface area contributed by atoms with E-state index in [-0.39, 0.29) is 23.3 Å². The highest BCUT2D eigenvalue weighted by Crippen LogP contribution is 2.25. The standard InChI is InChI=1S/C12H12N2O3/c13-6-8-1-2-11(15)10(5-8)14-12(16)9-3-4-17-7-9/h1-2,5,9,15H,3-4,7H2,(H,14,16)/t9-/m1/s1. The van der Waals surface area contributed by atoms with E-state index >= 15 is 0 Å². The van der Waals surface area contributed by atoms with Crippen molar-refractivity contribution in [1.29, 1.82) is 5.26 Å². The molecule has 88 valence electrons. The molecule has 1 aliphatic rings. The van der Waals surface area contributed by atoms with Crippen molar-refractivity contribution in [3.63, 3.8) is 0 Å². The van der Waals surface area contributed by atoms with Crippen LogP contribution in [0.15, 0.2) is 18.2 Å². The molecule has 1 saturated heterocycles. The van der Waals surface area contributed by atoms with E-state index in [0.29, 0.717) is 25.2 Å². The number of amides is 1. The van der Waals surface area contributed by atoms with Crippen LogP contribution in [0.25, 0.3) is 0 Å². The maximum absolute atomic E-state index is 11.8. The van der Waals surface area contributed by atoms with Crippen molar-refractivity contribution in [2.75, 3.05) is 18.5 Å². The molecule has 1 heterocycles. The molecule has 5 nitrogen and oxygen atoms in total. The topological polar surface area (TPSA) is 82.4 Å². The Morgan fingerprint density at radius 2 is 2.41 bits per heavy atom. The van der Waals surface area contributed by atoms with Gasteiger partial charge in [-0.1, -0.05) is 0 Å². The van der Waals surface area contributed by atoms with E-state index in [9.17, 15) is 9.90 Å². The van der Waals surface area contributed by atoms with E-state index in [1.807, 2.05) is 6.07 Å². The van der Waals surface area contributed by atoms with Gasteiger partial charge in [-0.15, -0.1) is 0 Å². The van der Waals surface area contributed by atoms with Crippen molar-refractivity contribution in [2.24, 2.45) is 5.92 Å². The van der Waals surface area contributed by atoms with E-state index in [0.717, 1.165) is 0 Å². The molecule has 2 rings (SSSR count). The van der Waals surface area contributed by atoms with Gasteiger partial charge in [0.2, 0.25) is 5.91 Å². The third-order valence-corrected chi connectivity index (χ3v) is 2.68. The highest BCUT2D eigenvalue weighted by Gasteiger charge is 2.24. The van der Waals surface area contributed by atoms with E-state index in [4.69, 9.17) is 10.00 Å². The molecule has 0 aromatic heterocycles. The zero-order chi connectivity index (χ0) is 12.3. The van der Waals surface area contributed by atoms with E-state index < -0.39 is 0 Å². The van der Waals surface area contributed by atoms with Crippen LogP contribution in [-0.2, 0) is 9.53 Å². The van der Waals surface area contributed by atoms with Crippen molar-refractivity contribution < 1.29 is 14.6 Å². The maximum Gasteiger partial charge on any atom is 0.230 e. The number of phenols is 1. The Hall–Kier alpha value is -2.06. The lowest BCUT2D eigenvalue weighted by Crippen LogP contribution is -2.22. The Labute approximate surface area is 98.6 Å². The smallest absolute Gasteiger partial charge is 0.230 e. The summed E-state index contributed by atoms with van der Waals surface area (Å²) in [5.41, 5.74) is 0.654. The predicted molar refractivity (Wildman–Crippen MR) is 60.4 cm³/mol. The van der Waals surface area contributed by atoms with Gasteiger partial charge in [-0.25, -0.2) is 0 Å². The molecule has 1 aromatic rings. The molecule has 1 amide bonds. The number of nitrogens with one attached hydrogen (secondary N) is 1. The van der Waals surface area contributed by atoms with Gasteiger partial charge < -0.3 is 15.2 Å². The zero-order valence-electron chi connectivity index (χ0n) is 9.14. The van der Waals surface area contributed by atoms with Crippen molar-refractivity contribution >= 4 is 11.6 Å². The summed E-state index contributed by atoms with van der Waals surface area (Å²) in [7, 11) is 0. The Bertz CT molecular complexity index is 473. The second kappa shape index (κ2) is 4.85. The molecule has 17 heavy (non-hydrogen) atoms. The number of anilines is 1. The zero-order valence-corrected chi connectivity index (χ0v) is 9.14. The van der Waals surface area contributed by atoms with Crippen LogP contribution in [0.5, 0.6) is 5.75 Å². The summed E-state index contributed by atoms with van der Waals surface area (Å²) in [6, 6.07) is 6.28. The number of hydrogen-bond acceptors (Lipinski definition) is 4. The highest BCUT2D eigenvalue weighted by molar-refractivity contribution is 5.94. The molecule has 1 aliphatic heterocycles. The molecular formula is C12H12N2O3. The quantitative estimate of drug-likeness (QED) is 0.751. The van der Waals surface area contributed by atoms with Gasteiger partial charge in [0.1, 0.15) is 5.75 Å². The molecule has 1 fully saturated rings. The minimum atomic E-state index is -0.187. The van der Waals surface area contributed by atoms with Crippen molar-refractivity contribution in [1.82, 2.24) is 0 Å². The molecule has 0 saturated carbocycles. The first kappa shape index (κ1) is 11.4. The molecule has 5 heteroatoms. The minimum absolute atomic E-state index is 0.0451. The van der Waals surface area contributed by atoms with Gasteiger partial charge in [-0.3, -0.25) is 4.79 Å². The lowest BCUT2D eigenvalue weighted by molar-refractivity contribution is -0.119. The number of hydrogen-bond donors (Lipinski definition) is 2. The summed E-state index contributed by atoms with van der Waals surface area (Å²) >= 11 is 0. The van der Waals surface area contributed by atoms with Crippen molar-refractivity contribution in [3.05, 3.63) is 23.8 Å². The summed E-state index contributed by atoms with van der Waals surface area (Å²) in [4.78, 5) is 11.8. The Balaban J connectivity index is 2.12. The van der Waals surface area contributed by atoms with Crippen LogP contribution >= 0.6 is 0 Å². The normalized spacial score (nSPS) is 18.6. The largest absolute Gasteiger partial charge is 0.506 e. The van der Waals surface area contributed by atoms with Gasteiger partial charge in [0.15, 0.2) is 0 Å². The molecule has 0 bridgehead atoms. The van der Waals surface area contributed by atoms with Gasteiger partial charge in [0, 0.05) is 6.61 Å². The number of carbonyl (C=O) groups excluding carboxylic acids is 1. The summed E-state index contributed by atoms with van der Waals surface area (Å²) in [5.74, 6) is -0.413. The van der Waals surface area contributed by atoms with Crippen LogP contribution in [0.4, 0.5) is 5.69 Å². The average molecular weight is 232 g/mol. The Morgan fingerprint density at radius 3 is 3.06 bits per heavy atom. The van der Waals surface area contributed by atoms with Crippen molar-refractivity contribution in [2.45, 2.75) is 6.42 Å². The van der Waals surface area contributed by atoms with Gasteiger partial charge >= 0.3 is 0 Å². The number of nitrogens with zero attached hydrogens (tertiary/aromatic N) is 1. The molecule has 0 spiro atoms. The predicted octanol–water partition coefficient (Wildman–Crippen LogP) is 1.24. The van der Waals surface area contributed by atoms with Crippen LogP contribution in [0.2, 0.25) is 0 Å². The van der Waals surface area contributed by atoms with E-state index in [1.165, 1.54) is 18.2 Å². The summed E-state index contributed by atoms with van der Waals surface area (Å²) in [6.07, 6.45) is 0.685. The molecule has 0 unspecified atom stereocenters.